The van der Waals surface area contributed by atoms with Gasteiger partial charge in [-0.25, -0.2) is 0 Å². The molecule has 0 saturated heterocycles. The lowest BCUT2D eigenvalue weighted by molar-refractivity contribution is 0.620. The maximum Gasteiger partial charge on any atom is 0.0755 e. The summed E-state index contributed by atoms with van der Waals surface area (Å²) in [4.78, 5) is 0. The van der Waals surface area contributed by atoms with E-state index in [-0.39, 0.29) is 0 Å². The Labute approximate surface area is 100 Å². The molecule has 0 fully saturated rings. The third-order valence-corrected chi connectivity index (χ3v) is 2.79. The van der Waals surface area contributed by atoms with E-state index >= 15 is 0 Å². The van der Waals surface area contributed by atoms with Crippen LogP contribution in [-0.2, 0) is 0 Å². The lowest BCUT2D eigenvalue weighted by atomic mass is 9.98. The first-order valence-corrected chi connectivity index (χ1v) is 5.57. The minimum atomic E-state index is 1.05. The Morgan fingerprint density at radius 3 is 2.12 bits per heavy atom. The molecule has 1 aliphatic rings. The number of hydrogen-bond donors (Lipinski definition) is 3. The highest BCUT2D eigenvalue weighted by Crippen LogP contribution is 2.27. The molecule has 17 heavy (non-hydrogen) atoms. The van der Waals surface area contributed by atoms with Gasteiger partial charge in [-0.1, -0.05) is 54.6 Å². The van der Waals surface area contributed by atoms with Gasteiger partial charge in [0.2, 0.25) is 0 Å². The number of hydrazine groups is 2. The molecule has 3 heteroatoms. The topological polar surface area (TPSA) is 36.1 Å². The first-order chi connectivity index (χ1) is 8.45. The zero-order valence-electron chi connectivity index (χ0n) is 9.27. The highest BCUT2D eigenvalue weighted by molar-refractivity contribution is 5.80. The zero-order valence-corrected chi connectivity index (χ0v) is 9.27. The predicted octanol–water partition coefficient (Wildman–Crippen LogP) is 2.26. The first-order valence-electron chi connectivity index (χ1n) is 5.57. The molecule has 0 spiro atoms. The predicted molar refractivity (Wildman–Crippen MR) is 69.3 cm³/mol. The van der Waals surface area contributed by atoms with E-state index in [0.29, 0.717) is 0 Å². The summed E-state index contributed by atoms with van der Waals surface area (Å²) in [6.45, 7) is 0. The fourth-order valence-electron chi connectivity index (χ4n) is 1.98. The molecule has 0 amide bonds. The Balaban J connectivity index is 2.11. The summed E-state index contributed by atoms with van der Waals surface area (Å²) in [6.07, 6.45) is 1.92. The van der Waals surface area contributed by atoms with Gasteiger partial charge in [-0.2, -0.15) is 5.53 Å². The molecular weight excluding hydrogens is 210 g/mol. The van der Waals surface area contributed by atoms with Crippen molar-refractivity contribution in [3.05, 3.63) is 66.4 Å². The summed E-state index contributed by atoms with van der Waals surface area (Å²) in [5, 5.41) is 0. The largest absolute Gasteiger partial charge is 0.309 e. The van der Waals surface area contributed by atoms with E-state index in [0.717, 1.165) is 5.70 Å². The summed E-state index contributed by atoms with van der Waals surface area (Å²) in [7, 11) is 0. The van der Waals surface area contributed by atoms with E-state index in [2.05, 4.69) is 58.9 Å². The van der Waals surface area contributed by atoms with Gasteiger partial charge in [0.1, 0.15) is 0 Å². The van der Waals surface area contributed by atoms with Crippen LogP contribution in [0.3, 0.4) is 0 Å². The van der Waals surface area contributed by atoms with Gasteiger partial charge < -0.3 is 10.9 Å². The fourth-order valence-corrected chi connectivity index (χ4v) is 1.98. The van der Waals surface area contributed by atoms with Crippen molar-refractivity contribution in [3.63, 3.8) is 0 Å². The monoisotopic (exact) mass is 223 g/mol. The van der Waals surface area contributed by atoms with Crippen LogP contribution in [0.2, 0.25) is 0 Å². The quantitative estimate of drug-likeness (QED) is 0.731. The van der Waals surface area contributed by atoms with Crippen molar-refractivity contribution in [3.8, 4) is 11.1 Å². The maximum absolute atomic E-state index is 3.08. The SMILES string of the molecule is C1=C(c2ccccc2-c2ccccc2)NNN1. The van der Waals surface area contributed by atoms with Crippen molar-refractivity contribution in [1.29, 1.82) is 0 Å². The molecular formula is C14H13N3. The van der Waals surface area contributed by atoms with Gasteiger partial charge >= 0.3 is 0 Å². The Morgan fingerprint density at radius 2 is 1.41 bits per heavy atom. The van der Waals surface area contributed by atoms with Gasteiger partial charge in [-0.15, -0.1) is 0 Å². The number of hydrogen-bond acceptors (Lipinski definition) is 3. The van der Waals surface area contributed by atoms with Gasteiger partial charge in [-0.3, -0.25) is 0 Å². The second-order valence-electron chi connectivity index (χ2n) is 3.86. The first kappa shape index (κ1) is 9.93. The standard InChI is InChI=1S/C14H13N3/c1-2-6-11(7-3-1)12-8-4-5-9-13(12)14-10-15-17-16-14/h1-10,15-17H. The van der Waals surface area contributed by atoms with Gasteiger partial charge in [0.15, 0.2) is 0 Å². The van der Waals surface area contributed by atoms with Crippen LogP contribution in [0.5, 0.6) is 0 Å². The second-order valence-corrected chi connectivity index (χ2v) is 3.86. The highest BCUT2D eigenvalue weighted by Gasteiger charge is 2.10. The Kier molecular flexibility index (Phi) is 2.52. The summed E-state index contributed by atoms with van der Waals surface area (Å²) in [5.74, 6) is 0. The van der Waals surface area contributed by atoms with E-state index in [9.17, 15) is 0 Å². The van der Waals surface area contributed by atoms with Crippen LogP contribution in [-0.4, -0.2) is 0 Å². The highest BCUT2D eigenvalue weighted by atomic mass is 15.6. The third-order valence-electron chi connectivity index (χ3n) is 2.79. The molecule has 0 aromatic heterocycles. The molecule has 1 heterocycles. The third kappa shape index (κ3) is 1.88. The molecule has 3 N–H and O–H groups in total. The van der Waals surface area contributed by atoms with E-state index in [1.165, 1.54) is 16.7 Å². The van der Waals surface area contributed by atoms with E-state index in [1.54, 1.807) is 0 Å². The smallest absolute Gasteiger partial charge is 0.0755 e. The van der Waals surface area contributed by atoms with E-state index in [4.69, 9.17) is 0 Å². The van der Waals surface area contributed by atoms with Crippen molar-refractivity contribution in [1.82, 2.24) is 16.4 Å². The molecule has 0 atom stereocenters. The van der Waals surface area contributed by atoms with Crippen molar-refractivity contribution < 1.29 is 0 Å². The second kappa shape index (κ2) is 4.31. The Bertz CT molecular complexity index is 546. The average Bonchev–Trinajstić information content (AvgIpc) is 2.94. The molecule has 3 nitrogen and oxygen atoms in total. The molecule has 0 bridgehead atoms. The Morgan fingerprint density at radius 1 is 0.706 bits per heavy atom. The molecule has 84 valence electrons. The van der Waals surface area contributed by atoms with Crippen LogP contribution in [0.25, 0.3) is 16.8 Å². The lowest BCUT2D eigenvalue weighted by Crippen LogP contribution is -2.31. The Hall–Kier alpha value is -2.26. The number of benzene rings is 2. The average molecular weight is 223 g/mol. The fraction of sp³-hybridized carbons (Fsp3) is 0. The molecule has 0 saturated carbocycles. The summed E-state index contributed by atoms with van der Waals surface area (Å²) in [5.41, 5.74) is 13.5. The van der Waals surface area contributed by atoms with Gasteiger partial charge in [0.05, 0.1) is 5.70 Å². The van der Waals surface area contributed by atoms with E-state index in [1.807, 2.05) is 18.3 Å². The van der Waals surface area contributed by atoms with Gasteiger partial charge in [0.25, 0.3) is 0 Å². The zero-order chi connectivity index (χ0) is 11.5. The maximum atomic E-state index is 3.08. The van der Waals surface area contributed by atoms with Crippen LogP contribution in [0.4, 0.5) is 0 Å². The molecule has 3 rings (SSSR count). The molecule has 2 aromatic carbocycles. The molecule has 2 aromatic rings. The van der Waals surface area contributed by atoms with Crippen molar-refractivity contribution >= 4 is 5.70 Å². The lowest BCUT2D eigenvalue weighted by Gasteiger charge is -2.10. The summed E-state index contributed by atoms with van der Waals surface area (Å²) in [6, 6.07) is 18.7. The number of rotatable bonds is 2. The summed E-state index contributed by atoms with van der Waals surface area (Å²) < 4.78 is 0. The van der Waals surface area contributed by atoms with Crippen molar-refractivity contribution in [2.75, 3.05) is 0 Å². The molecule has 1 aliphatic heterocycles. The molecule has 0 unspecified atom stereocenters. The normalized spacial score (nSPS) is 13.8. The minimum absolute atomic E-state index is 1.05. The van der Waals surface area contributed by atoms with E-state index < -0.39 is 0 Å². The van der Waals surface area contributed by atoms with Gasteiger partial charge in [-0.05, 0) is 11.1 Å². The molecule has 0 radical (unpaired) electrons. The van der Waals surface area contributed by atoms with Crippen LogP contribution in [0.1, 0.15) is 5.56 Å². The van der Waals surface area contributed by atoms with Gasteiger partial charge in [0, 0.05) is 11.8 Å². The minimum Gasteiger partial charge on any atom is -0.309 e. The molecule has 0 aliphatic carbocycles. The number of nitrogens with one attached hydrogen (secondary N) is 3. The van der Waals surface area contributed by atoms with Crippen LogP contribution < -0.4 is 16.4 Å². The van der Waals surface area contributed by atoms with Crippen LogP contribution in [0.15, 0.2) is 60.8 Å². The van der Waals surface area contributed by atoms with Crippen LogP contribution in [0, 0.1) is 0 Å². The van der Waals surface area contributed by atoms with Crippen LogP contribution >= 0.6 is 0 Å². The summed E-state index contributed by atoms with van der Waals surface area (Å²) >= 11 is 0. The van der Waals surface area contributed by atoms with Crippen molar-refractivity contribution in [2.45, 2.75) is 0 Å². The van der Waals surface area contributed by atoms with Crippen molar-refractivity contribution in [2.24, 2.45) is 0 Å².